The minimum atomic E-state index is -2.68. The second-order valence-corrected chi connectivity index (χ2v) is 17.6. The first-order valence-electron chi connectivity index (χ1n) is 15.6. The third-order valence-corrected chi connectivity index (χ3v) is 13.8. The zero-order valence-electron chi connectivity index (χ0n) is 27.0. The van der Waals surface area contributed by atoms with Crippen molar-refractivity contribution in [3.05, 3.63) is 120 Å². The Hall–Kier alpha value is -2.80. The van der Waals surface area contributed by atoms with Crippen LogP contribution in [0.2, 0.25) is 5.04 Å². The van der Waals surface area contributed by atoms with Crippen molar-refractivity contribution >= 4 is 18.7 Å². The van der Waals surface area contributed by atoms with Gasteiger partial charge in [-0.1, -0.05) is 145 Å². The van der Waals surface area contributed by atoms with E-state index in [1.54, 1.807) is 0 Å². The lowest BCUT2D eigenvalue weighted by Crippen LogP contribution is -2.67. The molecule has 0 spiro atoms. The van der Waals surface area contributed by atoms with Gasteiger partial charge in [-0.05, 0) is 33.5 Å². The number of aliphatic hydroxyl groups is 1. The van der Waals surface area contributed by atoms with Gasteiger partial charge in [-0.15, -0.1) is 0 Å². The first-order valence-corrected chi connectivity index (χ1v) is 17.5. The van der Waals surface area contributed by atoms with Crippen LogP contribution >= 0.6 is 0 Å². The fourth-order valence-corrected chi connectivity index (χ4v) is 11.0. The molecule has 5 heteroatoms. The summed E-state index contributed by atoms with van der Waals surface area (Å²) in [5.41, 5.74) is 2.98. The van der Waals surface area contributed by atoms with E-state index >= 15 is 0 Å². The molecular formula is C38H50O4Si. The second kappa shape index (κ2) is 14.3. The van der Waals surface area contributed by atoms with E-state index in [2.05, 4.69) is 122 Å². The van der Waals surface area contributed by atoms with Crippen LogP contribution in [0.5, 0.6) is 0 Å². The summed E-state index contributed by atoms with van der Waals surface area (Å²) in [6, 6.07) is 31.4. The van der Waals surface area contributed by atoms with E-state index in [1.807, 2.05) is 30.3 Å². The quantitative estimate of drug-likeness (QED) is 0.184. The van der Waals surface area contributed by atoms with Gasteiger partial charge in [-0.3, -0.25) is 0 Å². The van der Waals surface area contributed by atoms with Gasteiger partial charge in [0.05, 0.1) is 18.8 Å². The first kappa shape index (κ1) is 33.1. The Kier molecular flexibility index (Phi) is 11.0. The van der Waals surface area contributed by atoms with Gasteiger partial charge < -0.3 is 19.0 Å². The van der Waals surface area contributed by atoms with Crippen LogP contribution in [0, 0.1) is 17.8 Å². The van der Waals surface area contributed by atoms with Crippen LogP contribution in [-0.4, -0.2) is 38.8 Å². The van der Waals surface area contributed by atoms with E-state index in [0.717, 1.165) is 16.7 Å². The molecule has 1 saturated heterocycles. The summed E-state index contributed by atoms with van der Waals surface area (Å²) >= 11 is 0. The number of hydrogen-bond donors (Lipinski definition) is 1. The monoisotopic (exact) mass is 598 g/mol. The van der Waals surface area contributed by atoms with Gasteiger partial charge >= 0.3 is 0 Å². The first-order chi connectivity index (χ1) is 20.5. The Morgan fingerprint density at radius 3 is 1.98 bits per heavy atom. The smallest absolute Gasteiger partial charge is 0.261 e. The van der Waals surface area contributed by atoms with E-state index < -0.39 is 20.7 Å². The van der Waals surface area contributed by atoms with E-state index in [0.29, 0.717) is 13.2 Å². The Morgan fingerprint density at radius 1 is 0.953 bits per heavy atom. The number of hydrogen-bond acceptors (Lipinski definition) is 4. The van der Waals surface area contributed by atoms with Crippen molar-refractivity contribution in [3.63, 3.8) is 0 Å². The summed E-state index contributed by atoms with van der Waals surface area (Å²) in [6.45, 7) is 20.7. The number of rotatable bonds is 11. The highest BCUT2D eigenvalue weighted by Gasteiger charge is 2.50. The normalized spacial score (nSPS) is 22.0. The minimum Gasteiger partial charge on any atom is -0.407 e. The third kappa shape index (κ3) is 7.47. The molecule has 0 bridgehead atoms. The maximum absolute atomic E-state index is 11.5. The number of aliphatic hydroxyl groups excluding tert-OH is 1. The van der Waals surface area contributed by atoms with Crippen LogP contribution < -0.4 is 10.4 Å². The molecule has 0 aromatic heterocycles. The molecule has 0 unspecified atom stereocenters. The molecule has 1 aliphatic rings. The van der Waals surface area contributed by atoms with E-state index in [9.17, 15) is 5.11 Å². The fourth-order valence-electron chi connectivity index (χ4n) is 6.30. The Labute approximate surface area is 260 Å². The van der Waals surface area contributed by atoms with E-state index in [-0.39, 0.29) is 28.9 Å². The van der Waals surface area contributed by atoms with Crippen LogP contribution in [0.1, 0.15) is 60.3 Å². The second-order valence-electron chi connectivity index (χ2n) is 13.3. The lowest BCUT2D eigenvalue weighted by Gasteiger charge is -2.44. The summed E-state index contributed by atoms with van der Waals surface area (Å²) in [5, 5.41) is 13.9. The molecular weight excluding hydrogens is 549 g/mol. The molecule has 4 nitrogen and oxygen atoms in total. The number of ether oxygens (including phenoxy) is 2. The molecule has 1 N–H and O–H groups in total. The van der Waals surface area contributed by atoms with Gasteiger partial charge in [0.2, 0.25) is 0 Å². The molecule has 0 saturated carbocycles. The predicted molar refractivity (Wildman–Crippen MR) is 180 cm³/mol. The molecule has 3 aromatic rings. The Bertz CT molecular complexity index is 1290. The Balaban J connectivity index is 1.48. The van der Waals surface area contributed by atoms with Crippen molar-refractivity contribution in [2.45, 2.75) is 72.0 Å². The van der Waals surface area contributed by atoms with Gasteiger partial charge in [0.25, 0.3) is 8.32 Å². The van der Waals surface area contributed by atoms with Crippen LogP contribution in [-0.2, 0) is 13.9 Å². The average Bonchev–Trinajstić information content (AvgIpc) is 3.01. The molecule has 4 rings (SSSR count). The van der Waals surface area contributed by atoms with Gasteiger partial charge in [0.15, 0.2) is 6.29 Å². The molecule has 0 radical (unpaired) electrons. The Morgan fingerprint density at radius 2 is 1.47 bits per heavy atom. The zero-order chi connectivity index (χ0) is 31.2. The molecule has 1 heterocycles. The molecule has 230 valence electrons. The fraction of sp³-hybridized carbons (Fsp3) is 0.421. The minimum absolute atomic E-state index is 0.0744. The van der Waals surface area contributed by atoms with Crippen molar-refractivity contribution in [2.24, 2.45) is 17.8 Å². The van der Waals surface area contributed by atoms with Crippen molar-refractivity contribution in [2.75, 3.05) is 13.2 Å². The molecule has 1 aliphatic heterocycles. The maximum atomic E-state index is 11.5. The average molecular weight is 599 g/mol. The summed E-state index contributed by atoms with van der Waals surface area (Å²) in [6.07, 6.45) is 0.991. The third-order valence-electron chi connectivity index (χ3n) is 8.83. The van der Waals surface area contributed by atoms with Crippen molar-refractivity contribution in [1.82, 2.24) is 0 Å². The highest BCUT2D eigenvalue weighted by molar-refractivity contribution is 6.99. The zero-order valence-corrected chi connectivity index (χ0v) is 28.0. The highest BCUT2D eigenvalue weighted by atomic mass is 28.4. The van der Waals surface area contributed by atoms with Crippen molar-refractivity contribution < 1.29 is 19.0 Å². The van der Waals surface area contributed by atoms with Crippen molar-refractivity contribution in [1.29, 1.82) is 0 Å². The van der Waals surface area contributed by atoms with Crippen LogP contribution in [0.4, 0.5) is 0 Å². The molecule has 43 heavy (non-hydrogen) atoms. The largest absolute Gasteiger partial charge is 0.407 e. The molecule has 1 fully saturated rings. The lowest BCUT2D eigenvalue weighted by atomic mass is 9.88. The van der Waals surface area contributed by atoms with E-state index in [1.165, 1.54) is 10.4 Å². The van der Waals surface area contributed by atoms with Gasteiger partial charge in [-0.2, -0.15) is 0 Å². The molecule has 0 aliphatic carbocycles. The topological polar surface area (TPSA) is 47.9 Å². The summed E-state index contributed by atoms with van der Waals surface area (Å²) in [7, 11) is -2.68. The summed E-state index contributed by atoms with van der Waals surface area (Å²) in [5.74, 6) is 0.0130. The van der Waals surface area contributed by atoms with E-state index in [4.69, 9.17) is 13.9 Å². The van der Waals surface area contributed by atoms with Crippen LogP contribution in [0.15, 0.2) is 115 Å². The van der Waals surface area contributed by atoms with Crippen LogP contribution in [0.3, 0.4) is 0 Å². The van der Waals surface area contributed by atoms with Gasteiger partial charge in [0.1, 0.15) is 0 Å². The number of benzene rings is 3. The molecule has 6 atom stereocenters. The summed E-state index contributed by atoms with van der Waals surface area (Å²) < 4.78 is 19.5. The van der Waals surface area contributed by atoms with Gasteiger partial charge in [0, 0.05) is 29.9 Å². The van der Waals surface area contributed by atoms with Gasteiger partial charge in [-0.25, -0.2) is 0 Å². The summed E-state index contributed by atoms with van der Waals surface area (Å²) in [4.78, 5) is 0. The predicted octanol–water partition coefficient (Wildman–Crippen LogP) is 7.45. The maximum Gasteiger partial charge on any atom is 0.261 e. The standard InChI is InChI=1S/C38H50O4Si/c1-27(31(5)36-30(4)25-40-37(42-36)32-18-12-9-13-19-32)24-28(2)35(39)29(3)26-41-43(38(6,7)8,33-20-14-10-15-21-33)34-22-16-11-17-23-34/h9-24,28-30,35-37,39H,5,25-26H2,1-4,6-8H3/b27-24+/t28-,29+,30-,35+,36-,37-/m1/s1. The molecule has 3 aromatic carbocycles. The molecule has 0 amide bonds. The van der Waals surface area contributed by atoms with Crippen molar-refractivity contribution in [3.8, 4) is 0 Å². The highest BCUT2D eigenvalue weighted by Crippen LogP contribution is 2.38. The lowest BCUT2D eigenvalue weighted by molar-refractivity contribution is -0.227. The SMILES string of the molecule is C=C(/C(C)=C/[C@@H](C)[C@H](O)[C@@H](C)CO[Si](c1ccccc1)(c1ccccc1)C(C)(C)C)[C@@H]1O[C@H](c2ccccc2)OC[C@H]1C. The van der Waals surface area contributed by atoms with Crippen LogP contribution in [0.25, 0.3) is 0 Å².